The maximum absolute atomic E-state index is 6.44. The molecule has 0 heterocycles. The van der Waals surface area contributed by atoms with Crippen molar-refractivity contribution in [2.45, 2.75) is 12.1 Å². The third kappa shape index (κ3) is 4.09. The largest absolute Gasteiger partial charge is 0.495 e. The molecule has 2 rings (SSSR count). The summed E-state index contributed by atoms with van der Waals surface area (Å²) >= 11 is 6.90. The van der Waals surface area contributed by atoms with Gasteiger partial charge in [0.25, 0.3) is 0 Å². The molecular weight excluding hydrogens is 468 g/mol. The quantitative estimate of drug-likeness (QED) is 0.612. The fourth-order valence-electron chi connectivity index (χ4n) is 2.58. The lowest BCUT2D eigenvalue weighted by Crippen LogP contribution is -2.26. The van der Waals surface area contributed by atoms with Gasteiger partial charge in [-0.15, -0.1) is 0 Å². The molecule has 0 amide bonds. The molecule has 142 valence electrons. The first-order valence-electron chi connectivity index (χ1n) is 7.71. The minimum absolute atomic E-state index is 0.499. The first-order valence-corrected chi connectivity index (χ1v) is 9.30. The van der Waals surface area contributed by atoms with Crippen molar-refractivity contribution in [1.82, 2.24) is 0 Å². The van der Waals surface area contributed by atoms with Crippen LogP contribution in [-0.2, 0) is 0 Å². The first kappa shape index (κ1) is 20.8. The Bertz CT molecular complexity index is 670. The number of nitrogens with two attached hydrogens (primary N) is 2. The predicted octanol–water partition coefficient (Wildman–Crippen LogP) is 3.95. The third-order valence-corrected chi connectivity index (χ3v) is 5.66. The summed E-state index contributed by atoms with van der Waals surface area (Å²) in [5.74, 6) is 2.47. The lowest BCUT2D eigenvalue weighted by molar-refractivity contribution is 0.384. The highest BCUT2D eigenvalue weighted by Crippen LogP contribution is 2.41. The van der Waals surface area contributed by atoms with Gasteiger partial charge in [0.05, 0.1) is 28.4 Å². The lowest BCUT2D eigenvalue weighted by atomic mass is 9.94. The van der Waals surface area contributed by atoms with Crippen molar-refractivity contribution in [3.05, 3.63) is 44.3 Å². The van der Waals surface area contributed by atoms with Crippen molar-refractivity contribution >= 4 is 31.9 Å². The van der Waals surface area contributed by atoms with Crippen molar-refractivity contribution in [3.8, 4) is 23.0 Å². The molecule has 0 saturated heterocycles. The third-order valence-electron chi connectivity index (χ3n) is 4.09. The number of hydrogen-bond donors (Lipinski definition) is 2. The Hall–Kier alpha value is -1.48. The predicted molar refractivity (Wildman–Crippen MR) is 108 cm³/mol. The van der Waals surface area contributed by atoms with Crippen LogP contribution >= 0.6 is 31.9 Å². The fourth-order valence-corrected chi connectivity index (χ4v) is 3.68. The van der Waals surface area contributed by atoms with Gasteiger partial charge in [-0.05, 0) is 67.3 Å². The molecule has 26 heavy (non-hydrogen) atoms. The molecule has 0 aromatic heterocycles. The van der Waals surface area contributed by atoms with E-state index in [4.69, 9.17) is 30.4 Å². The van der Waals surface area contributed by atoms with Crippen molar-refractivity contribution in [1.29, 1.82) is 0 Å². The molecular formula is C18H22Br2N2O4. The van der Waals surface area contributed by atoms with Crippen LogP contribution in [0.25, 0.3) is 0 Å². The molecule has 0 radical (unpaired) electrons. The second-order valence-electron chi connectivity index (χ2n) is 5.53. The van der Waals surface area contributed by atoms with E-state index in [1.54, 1.807) is 28.4 Å². The van der Waals surface area contributed by atoms with Gasteiger partial charge in [0.2, 0.25) is 0 Å². The van der Waals surface area contributed by atoms with Gasteiger partial charge in [0.15, 0.2) is 0 Å². The molecule has 2 unspecified atom stereocenters. The molecule has 0 fully saturated rings. The lowest BCUT2D eigenvalue weighted by Gasteiger charge is -2.23. The van der Waals surface area contributed by atoms with Gasteiger partial charge < -0.3 is 30.4 Å². The van der Waals surface area contributed by atoms with E-state index >= 15 is 0 Å². The Morgan fingerprint density at radius 2 is 0.846 bits per heavy atom. The van der Waals surface area contributed by atoms with Gasteiger partial charge in [0, 0.05) is 12.1 Å². The van der Waals surface area contributed by atoms with Crippen LogP contribution in [0.5, 0.6) is 23.0 Å². The number of hydrogen-bond acceptors (Lipinski definition) is 6. The van der Waals surface area contributed by atoms with Crippen molar-refractivity contribution in [3.63, 3.8) is 0 Å². The average Bonchev–Trinajstić information content (AvgIpc) is 2.67. The van der Waals surface area contributed by atoms with Gasteiger partial charge in [0.1, 0.15) is 31.9 Å². The molecule has 0 spiro atoms. The molecule has 4 N–H and O–H groups in total. The van der Waals surface area contributed by atoms with Gasteiger partial charge >= 0.3 is 0 Å². The number of benzene rings is 2. The Morgan fingerprint density at radius 1 is 0.615 bits per heavy atom. The summed E-state index contributed by atoms with van der Waals surface area (Å²) in [4.78, 5) is 0. The topological polar surface area (TPSA) is 89.0 Å². The molecule has 0 saturated carbocycles. The zero-order chi connectivity index (χ0) is 19.4. The normalized spacial score (nSPS) is 13.1. The van der Waals surface area contributed by atoms with Gasteiger partial charge in [-0.1, -0.05) is 0 Å². The van der Waals surface area contributed by atoms with Crippen LogP contribution in [0.3, 0.4) is 0 Å². The van der Waals surface area contributed by atoms with Crippen molar-refractivity contribution < 1.29 is 18.9 Å². The highest BCUT2D eigenvalue weighted by molar-refractivity contribution is 9.11. The van der Waals surface area contributed by atoms with E-state index in [0.717, 1.165) is 20.1 Å². The van der Waals surface area contributed by atoms with Crippen LogP contribution in [0, 0.1) is 0 Å². The first-order chi connectivity index (χ1) is 12.4. The van der Waals surface area contributed by atoms with Crippen LogP contribution in [0.4, 0.5) is 0 Å². The Labute approximate surface area is 170 Å². The van der Waals surface area contributed by atoms with Gasteiger partial charge in [-0.2, -0.15) is 0 Å². The summed E-state index contributed by atoms with van der Waals surface area (Å²) in [6.07, 6.45) is 0. The summed E-state index contributed by atoms with van der Waals surface area (Å²) in [6.45, 7) is 0. The zero-order valence-electron chi connectivity index (χ0n) is 15.0. The van der Waals surface area contributed by atoms with E-state index in [1.807, 2.05) is 24.3 Å². The molecule has 6 nitrogen and oxygen atoms in total. The van der Waals surface area contributed by atoms with Crippen LogP contribution in [0.2, 0.25) is 0 Å². The Balaban J connectivity index is 2.46. The van der Waals surface area contributed by atoms with Crippen LogP contribution < -0.4 is 30.4 Å². The SMILES string of the molecule is COc1cc(C(N)C(N)c2cc(OC)c(Br)c(OC)c2)cc(OC)c1Br. The summed E-state index contributed by atoms with van der Waals surface area (Å²) in [5.41, 5.74) is 14.5. The van der Waals surface area contributed by atoms with Gasteiger partial charge in [-0.25, -0.2) is 0 Å². The van der Waals surface area contributed by atoms with Crippen LogP contribution in [0.15, 0.2) is 33.2 Å². The van der Waals surface area contributed by atoms with E-state index < -0.39 is 12.1 Å². The summed E-state index contributed by atoms with van der Waals surface area (Å²) in [6, 6.07) is 6.35. The minimum atomic E-state index is -0.499. The van der Waals surface area contributed by atoms with Crippen LogP contribution in [-0.4, -0.2) is 28.4 Å². The second-order valence-corrected chi connectivity index (χ2v) is 7.12. The summed E-state index contributed by atoms with van der Waals surface area (Å²) in [5, 5.41) is 0. The van der Waals surface area contributed by atoms with E-state index in [9.17, 15) is 0 Å². The number of halogens is 2. The average molecular weight is 490 g/mol. The summed E-state index contributed by atoms with van der Waals surface area (Å²) < 4.78 is 23.0. The van der Waals surface area contributed by atoms with E-state index in [1.165, 1.54) is 0 Å². The van der Waals surface area contributed by atoms with Crippen molar-refractivity contribution in [2.24, 2.45) is 11.5 Å². The maximum Gasteiger partial charge on any atom is 0.137 e. The standard InChI is InChI=1S/C18H22Br2N2O4/c1-23-11-5-9(6-12(24-2)15(11)19)17(21)18(22)10-7-13(25-3)16(20)14(8-10)26-4/h5-8,17-18H,21-22H2,1-4H3. The molecule has 0 aliphatic rings. The highest BCUT2D eigenvalue weighted by Gasteiger charge is 2.23. The molecule has 0 aliphatic carbocycles. The molecule has 2 atom stereocenters. The van der Waals surface area contributed by atoms with Crippen LogP contribution in [0.1, 0.15) is 23.2 Å². The molecule has 0 bridgehead atoms. The Kier molecular flexibility index (Phi) is 7.16. The van der Waals surface area contributed by atoms with E-state index in [-0.39, 0.29) is 0 Å². The van der Waals surface area contributed by atoms with Gasteiger partial charge in [-0.3, -0.25) is 0 Å². The Morgan fingerprint density at radius 3 is 1.04 bits per heavy atom. The van der Waals surface area contributed by atoms with E-state index in [2.05, 4.69) is 31.9 Å². The molecule has 0 aliphatic heterocycles. The smallest absolute Gasteiger partial charge is 0.137 e. The number of ether oxygens (including phenoxy) is 4. The summed E-state index contributed by atoms with van der Waals surface area (Å²) in [7, 11) is 6.33. The monoisotopic (exact) mass is 488 g/mol. The maximum atomic E-state index is 6.44. The second kappa shape index (κ2) is 8.94. The number of methoxy groups -OCH3 is 4. The van der Waals surface area contributed by atoms with E-state index in [0.29, 0.717) is 23.0 Å². The number of rotatable bonds is 7. The highest BCUT2D eigenvalue weighted by atomic mass is 79.9. The molecule has 2 aromatic carbocycles. The molecule has 2 aromatic rings. The minimum Gasteiger partial charge on any atom is -0.495 e. The molecule has 8 heteroatoms. The fraction of sp³-hybridized carbons (Fsp3) is 0.333. The van der Waals surface area contributed by atoms with Crippen molar-refractivity contribution in [2.75, 3.05) is 28.4 Å². The zero-order valence-corrected chi connectivity index (χ0v) is 18.2.